The fraction of sp³-hybridized carbons (Fsp3) is 0.423. The Morgan fingerprint density at radius 2 is 1.97 bits per heavy atom. The van der Waals surface area contributed by atoms with Crippen molar-refractivity contribution < 1.29 is 33.3 Å². The maximum atomic E-state index is 14.2. The van der Waals surface area contributed by atoms with Crippen molar-refractivity contribution in [3.05, 3.63) is 59.3 Å². The van der Waals surface area contributed by atoms with Gasteiger partial charge in [-0.15, -0.1) is 0 Å². The molecule has 1 atom stereocenters. The Morgan fingerprint density at radius 3 is 2.62 bits per heavy atom. The summed E-state index contributed by atoms with van der Waals surface area (Å²) in [5.41, 5.74) is 1.48. The molecule has 1 fully saturated rings. The smallest absolute Gasteiger partial charge is 0.332 e. The van der Waals surface area contributed by atoms with Crippen molar-refractivity contribution in [3.8, 4) is 11.4 Å². The molecule has 8 heteroatoms. The lowest BCUT2D eigenvalue weighted by molar-refractivity contribution is -0.211. The van der Waals surface area contributed by atoms with Crippen LogP contribution in [0, 0.1) is 11.6 Å². The third-order valence-corrected chi connectivity index (χ3v) is 7.06. The Balaban J connectivity index is 1.69. The van der Waals surface area contributed by atoms with Crippen LogP contribution >= 0.6 is 0 Å². The predicted molar refractivity (Wildman–Crippen MR) is 121 cm³/mol. The van der Waals surface area contributed by atoms with E-state index in [4.69, 9.17) is 9.47 Å². The van der Waals surface area contributed by atoms with Crippen molar-refractivity contribution in [1.82, 2.24) is 4.57 Å². The van der Waals surface area contributed by atoms with Crippen LogP contribution in [0.4, 0.5) is 8.78 Å². The molecule has 1 aromatic heterocycles. The summed E-state index contributed by atoms with van der Waals surface area (Å²) in [5, 5.41) is 20.9. The number of hydrogen-bond donors (Lipinski definition) is 2. The van der Waals surface area contributed by atoms with Crippen molar-refractivity contribution in [2.24, 2.45) is 0 Å². The van der Waals surface area contributed by atoms with Gasteiger partial charge in [0.05, 0.1) is 18.2 Å². The van der Waals surface area contributed by atoms with Gasteiger partial charge < -0.3 is 24.3 Å². The average molecular weight is 472 g/mol. The molecule has 0 bridgehead atoms. The van der Waals surface area contributed by atoms with E-state index >= 15 is 0 Å². The highest BCUT2D eigenvalue weighted by molar-refractivity contribution is 5.94. The molecule has 5 rings (SSSR count). The number of rotatable bonds is 5. The van der Waals surface area contributed by atoms with Crippen LogP contribution < -0.4 is 0 Å². The zero-order valence-electron chi connectivity index (χ0n) is 19.3. The lowest BCUT2D eigenvalue weighted by Gasteiger charge is -2.53. The summed E-state index contributed by atoms with van der Waals surface area (Å²) in [7, 11) is 0. The van der Waals surface area contributed by atoms with E-state index in [1.807, 2.05) is 24.5 Å². The van der Waals surface area contributed by atoms with E-state index in [1.165, 1.54) is 6.07 Å². The summed E-state index contributed by atoms with van der Waals surface area (Å²) in [6.07, 6.45) is 0.0334. The number of nitrogens with zero attached hydrogens (tertiary/aromatic N) is 1. The lowest BCUT2D eigenvalue weighted by Crippen LogP contribution is -2.54. The first-order valence-corrected chi connectivity index (χ1v) is 11.4. The molecule has 0 radical (unpaired) electrons. The van der Waals surface area contributed by atoms with Gasteiger partial charge in [0.2, 0.25) is 0 Å². The fourth-order valence-corrected chi connectivity index (χ4v) is 5.41. The first kappa shape index (κ1) is 22.8. The number of ether oxygens (including phenoxy) is 2. The number of aromatic hydroxyl groups is 1. The molecule has 2 heterocycles. The maximum absolute atomic E-state index is 14.2. The van der Waals surface area contributed by atoms with Crippen LogP contribution in [-0.2, 0) is 25.3 Å². The molecule has 180 valence electrons. The van der Waals surface area contributed by atoms with Crippen molar-refractivity contribution in [2.75, 3.05) is 6.61 Å². The highest BCUT2D eigenvalue weighted by Gasteiger charge is 2.56. The monoisotopic (exact) mass is 471 g/mol. The highest BCUT2D eigenvalue weighted by atomic mass is 19.2. The number of benzene rings is 2. The van der Waals surface area contributed by atoms with Crippen LogP contribution in [0.15, 0.2) is 36.4 Å². The van der Waals surface area contributed by atoms with Crippen molar-refractivity contribution in [2.45, 2.75) is 63.3 Å². The summed E-state index contributed by atoms with van der Waals surface area (Å²) in [6.45, 7) is 6.15. The fourth-order valence-electron chi connectivity index (χ4n) is 5.41. The summed E-state index contributed by atoms with van der Waals surface area (Å²) in [6, 6.07) is 8.91. The van der Waals surface area contributed by atoms with Gasteiger partial charge in [-0.1, -0.05) is 26.8 Å². The van der Waals surface area contributed by atoms with Gasteiger partial charge in [0, 0.05) is 46.7 Å². The third-order valence-electron chi connectivity index (χ3n) is 7.06. The number of hydrogen-bond acceptors (Lipinski definition) is 4. The van der Waals surface area contributed by atoms with Gasteiger partial charge in [-0.05, 0) is 30.7 Å². The quantitative estimate of drug-likeness (QED) is 0.537. The topological polar surface area (TPSA) is 80.9 Å². The number of phenolic OH excluding ortho intramolecular Hbond substituents is 1. The molecule has 1 saturated carbocycles. The van der Waals surface area contributed by atoms with Gasteiger partial charge in [0.15, 0.2) is 17.7 Å². The maximum Gasteiger partial charge on any atom is 0.332 e. The van der Waals surface area contributed by atoms with E-state index in [2.05, 4.69) is 0 Å². The van der Waals surface area contributed by atoms with Crippen LogP contribution in [0.1, 0.15) is 51.3 Å². The number of aromatic nitrogens is 1. The molecule has 2 aliphatic rings. The van der Waals surface area contributed by atoms with Crippen LogP contribution in [0.25, 0.3) is 16.6 Å². The second kappa shape index (κ2) is 7.78. The molecule has 1 unspecified atom stereocenters. The minimum atomic E-state index is -0.998. The molecule has 1 aliphatic heterocycles. The molecule has 0 saturated heterocycles. The van der Waals surface area contributed by atoms with E-state index in [-0.39, 0.29) is 11.9 Å². The van der Waals surface area contributed by atoms with Gasteiger partial charge in [0.25, 0.3) is 0 Å². The minimum Gasteiger partial charge on any atom is -0.507 e. The second-order valence-electron chi connectivity index (χ2n) is 9.90. The van der Waals surface area contributed by atoms with Gasteiger partial charge >= 0.3 is 5.97 Å². The largest absolute Gasteiger partial charge is 0.507 e. The Kier molecular flexibility index (Phi) is 5.22. The number of aliphatic carboxylic acids is 1. The number of phenols is 1. The van der Waals surface area contributed by atoms with E-state index in [1.54, 1.807) is 19.1 Å². The first-order valence-electron chi connectivity index (χ1n) is 11.4. The summed E-state index contributed by atoms with van der Waals surface area (Å²) >= 11 is 0. The van der Waals surface area contributed by atoms with Crippen LogP contribution in [-0.4, -0.2) is 39.6 Å². The number of carboxylic acid groups (broad SMARTS) is 1. The SMILES string of the molecule is CCC(OC1CC2(C1)OCC(C)(C)c1c2c2c(O)cccc2n1-c1ccc(F)c(F)c1)C(=O)O. The normalized spacial score (nSPS) is 24.1. The van der Waals surface area contributed by atoms with Crippen molar-refractivity contribution >= 4 is 16.9 Å². The molecule has 3 aromatic rings. The van der Waals surface area contributed by atoms with Gasteiger partial charge in [-0.25, -0.2) is 13.6 Å². The van der Waals surface area contributed by atoms with Crippen LogP contribution in [0.3, 0.4) is 0 Å². The molecule has 2 N–H and O–H groups in total. The minimum absolute atomic E-state index is 0.0668. The van der Waals surface area contributed by atoms with E-state index in [0.29, 0.717) is 42.5 Å². The van der Waals surface area contributed by atoms with E-state index in [9.17, 15) is 23.8 Å². The number of halogens is 2. The molecule has 2 aromatic carbocycles. The Labute approximate surface area is 195 Å². The van der Waals surface area contributed by atoms with E-state index in [0.717, 1.165) is 23.4 Å². The molecular weight excluding hydrogens is 444 g/mol. The van der Waals surface area contributed by atoms with Gasteiger partial charge in [0.1, 0.15) is 11.4 Å². The predicted octanol–water partition coefficient (Wildman–Crippen LogP) is 5.16. The molecule has 1 spiro atoms. The Morgan fingerprint density at radius 1 is 1.24 bits per heavy atom. The third kappa shape index (κ3) is 3.31. The zero-order valence-corrected chi connectivity index (χ0v) is 19.3. The summed E-state index contributed by atoms with van der Waals surface area (Å²) < 4.78 is 42.1. The summed E-state index contributed by atoms with van der Waals surface area (Å²) in [4.78, 5) is 11.4. The molecule has 34 heavy (non-hydrogen) atoms. The molecule has 6 nitrogen and oxygen atoms in total. The summed E-state index contributed by atoms with van der Waals surface area (Å²) in [5.74, 6) is -2.82. The average Bonchev–Trinajstić information content (AvgIpc) is 3.12. The van der Waals surface area contributed by atoms with Crippen molar-refractivity contribution in [1.29, 1.82) is 0 Å². The second-order valence-corrected chi connectivity index (χ2v) is 9.90. The Bertz CT molecular complexity index is 1290. The van der Waals surface area contributed by atoms with Gasteiger partial charge in [-0.3, -0.25) is 0 Å². The molecular formula is C26H27F2NO5. The Hall–Kier alpha value is -2.97. The number of carboxylic acids is 1. The van der Waals surface area contributed by atoms with Gasteiger partial charge in [-0.2, -0.15) is 0 Å². The number of fused-ring (bicyclic) bond motifs is 4. The zero-order chi connectivity index (χ0) is 24.4. The van der Waals surface area contributed by atoms with Crippen LogP contribution in [0.2, 0.25) is 0 Å². The highest BCUT2D eigenvalue weighted by Crippen LogP contribution is 2.57. The molecule has 0 amide bonds. The lowest BCUT2D eigenvalue weighted by atomic mass is 9.66. The molecule has 1 aliphatic carbocycles. The van der Waals surface area contributed by atoms with Crippen LogP contribution in [0.5, 0.6) is 5.75 Å². The number of carbonyl (C=O) groups is 1. The standard InChI is InChI=1S/C26H27F2NO5/c1-4-20(24(31)32)34-15-11-26(12-15)22-21-18(6-5-7-19(21)30)29(23(22)25(2,3)13-33-26)14-8-9-16(27)17(28)10-14/h5-10,15,20,30H,4,11-13H2,1-3H3,(H,31,32). The van der Waals surface area contributed by atoms with E-state index < -0.39 is 34.7 Å². The first-order chi connectivity index (χ1) is 16.1. The van der Waals surface area contributed by atoms with Crippen molar-refractivity contribution in [3.63, 3.8) is 0 Å².